The van der Waals surface area contributed by atoms with Crippen molar-refractivity contribution in [2.75, 3.05) is 0 Å². The number of benzene rings is 1. The highest BCUT2D eigenvalue weighted by Gasteiger charge is 2.06. The van der Waals surface area contributed by atoms with E-state index in [0.717, 1.165) is 5.92 Å². The van der Waals surface area contributed by atoms with Crippen LogP contribution in [0.2, 0.25) is 0 Å². The third-order valence-electron chi connectivity index (χ3n) is 2.71. The summed E-state index contributed by atoms with van der Waals surface area (Å²) in [6, 6.07) is 8.73. The molecule has 0 aliphatic rings. The van der Waals surface area contributed by atoms with Gasteiger partial charge in [-0.25, -0.2) is 0 Å². The summed E-state index contributed by atoms with van der Waals surface area (Å²) in [4.78, 5) is 0. The number of unbranched alkanes of at least 4 members (excludes halogenated alkanes) is 1. The molecule has 0 fully saturated rings. The number of rotatable bonds is 4. The van der Waals surface area contributed by atoms with Crippen molar-refractivity contribution in [2.24, 2.45) is 0 Å². The molecule has 0 N–H and O–H groups in total. The van der Waals surface area contributed by atoms with Gasteiger partial charge in [0.15, 0.2) is 0 Å². The third kappa shape index (κ3) is 5.01. The SMILES string of the molecule is CC.CCCCC(C)c1ccccc1C. The zero-order valence-corrected chi connectivity index (χ0v) is 11.0. The molecule has 0 spiro atoms. The summed E-state index contributed by atoms with van der Waals surface area (Å²) < 4.78 is 0. The van der Waals surface area contributed by atoms with Crippen molar-refractivity contribution in [3.8, 4) is 0 Å². The van der Waals surface area contributed by atoms with Crippen molar-refractivity contribution in [1.82, 2.24) is 0 Å². The summed E-state index contributed by atoms with van der Waals surface area (Å²) in [6.07, 6.45) is 3.97. The molecule has 0 heteroatoms. The minimum Gasteiger partial charge on any atom is -0.0683 e. The third-order valence-corrected chi connectivity index (χ3v) is 2.71. The Labute approximate surface area is 95.7 Å². The minimum atomic E-state index is 0.723. The maximum absolute atomic E-state index is 2.33. The second kappa shape index (κ2) is 8.52. The predicted octanol–water partition coefficient (Wildman–Crippen LogP) is 5.31. The van der Waals surface area contributed by atoms with E-state index in [2.05, 4.69) is 45.0 Å². The second-order valence-electron chi connectivity index (χ2n) is 3.90. The Morgan fingerprint density at radius 1 is 1.13 bits per heavy atom. The molecule has 0 saturated heterocycles. The molecule has 86 valence electrons. The van der Waals surface area contributed by atoms with E-state index in [1.165, 1.54) is 30.4 Å². The highest BCUT2D eigenvalue weighted by atomic mass is 14.1. The van der Waals surface area contributed by atoms with Crippen LogP contribution in [0.4, 0.5) is 0 Å². The van der Waals surface area contributed by atoms with Crippen LogP contribution in [-0.4, -0.2) is 0 Å². The topological polar surface area (TPSA) is 0 Å². The van der Waals surface area contributed by atoms with Crippen LogP contribution in [-0.2, 0) is 0 Å². The number of hydrogen-bond donors (Lipinski definition) is 0. The van der Waals surface area contributed by atoms with Crippen molar-refractivity contribution in [2.45, 2.75) is 59.8 Å². The molecule has 1 unspecified atom stereocenters. The van der Waals surface area contributed by atoms with Crippen molar-refractivity contribution in [3.63, 3.8) is 0 Å². The van der Waals surface area contributed by atoms with Gasteiger partial charge in [-0.15, -0.1) is 0 Å². The molecule has 0 heterocycles. The average Bonchev–Trinajstić information content (AvgIpc) is 2.29. The second-order valence-corrected chi connectivity index (χ2v) is 3.90. The summed E-state index contributed by atoms with van der Waals surface area (Å²) in [6.45, 7) is 10.8. The first kappa shape index (κ1) is 14.2. The van der Waals surface area contributed by atoms with Gasteiger partial charge in [0.1, 0.15) is 0 Å². The first-order valence-corrected chi connectivity index (χ1v) is 6.31. The van der Waals surface area contributed by atoms with Crippen molar-refractivity contribution in [3.05, 3.63) is 35.4 Å². The normalized spacial score (nSPS) is 11.5. The van der Waals surface area contributed by atoms with Crippen LogP contribution in [0.5, 0.6) is 0 Å². The van der Waals surface area contributed by atoms with E-state index >= 15 is 0 Å². The zero-order valence-electron chi connectivity index (χ0n) is 11.0. The van der Waals surface area contributed by atoms with Gasteiger partial charge in [0.05, 0.1) is 0 Å². The number of hydrogen-bond acceptors (Lipinski definition) is 0. The molecule has 0 nitrogen and oxygen atoms in total. The van der Waals surface area contributed by atoms with E-state index < -0.39 is 0 Å². The Bertz CT molecular complexity index is 250. The maximum Gasteiger partial charge on any atom is -0.0188 e. The van der Waals surface area contributed by atoms with Crippen molar-refractivity contribution < 1.29 is 0 Å². The van der Waals surface area contributed by atoms with Gasteiger partial charge in [0.25, 0.3) is 0 Å². The molecule has 1 atom stereocenters. The molecule has 15 heavy (non-hydrogen) atoms. The van der Waals surface area contributed by atoms with Crippen LogP contribution in [0.25, 0.3) is 0 Å². The van der Waals surface area contributed by atoms with E-state index in [9.17, 15) is 0 Å². The van der Waals surface area contributed by atoms with Gasteiger partial charge in [-0.05, 0) is 30.4 Å². The predicted molar refractivity (Wildman–Crippen MR) is 70.5 cm³/mol. The van der Waals surface area contributed by atoms with Crippen LogP contribution in [0, 0.1) is 6.92 Å². The molecule has 0 radical (unpaired) electrons. The first-order chi connectivity index (χ1) is 7.25. The fraction of sp³-hybridized carbons (Fsp3) is 0.600. The van der Waals surface area contributed by atoms with E-state index in [1.807, 2.05) is 13.8 Å². The fourth-order valence-corrected chi connectivity index (χ4v) is 1.81. The lowest BCUT2D eigenvalue weighted by Crippen LogP contribution is -1.95. The smallest absolute Gasteiger partial charge is 0.0188 e. The van der Waals surface area contributed by atoms with Gasteiger partial charge in [0.2, 0.25) is 0 Å². The van der Waals surface area contributed by atoms with E-state index in [4.69, 9.17) is 0 Å². The lowest BCUT2D eigenvalue weighted by molar-refractivity contribution is 0.622. The van der Waals surface area contributed by atoms with Crippen LogP contribution in [0.1, 0.15) is 64.0 Å². The quantitative estimate of drug-likeness (QED) is 0.626. The van der Waals surface area contributed by atoms with Gasteiger partial charge in [-0.1, -0.05) is 64.8 Å². The lowest BCUT2D eigenvalue weighted by Gasteiger charge is -2.13. The van der Waals surface area contributed by atoms with Crippen LogP contribution in [0.3, 0.4) is 0 Å². The van der Waals surface area contributed by atoms with Gasteiger partial charge in [-0.2, -0.15) is 0 Å². The molecule has 0 aromatic heterocycles. The Hall–Kier alpha value is -0.780. The summed E-state index contributed by atoms with van der Waals surface area (Å²) in [5, 5.41) is 0. The molecule has 0 amide bonds. The van der Waals surface area contributed by atoms with Crippen LogP contribution >= 0.6 is 0 Å². The Morgan fingerprint density at radius 2 is 1.73 bits per heavy atom. The first-order valence-electron chi connectivity index (χ1n) is 6.31. The Kier molecular flexibility index (Phi) is 8.08. The van der Waals surface area contributed by atoms with Crippen LogP contribution < -0.4 is 0 Å². The lowest BCUT2D eigenvalue weighted by atomic mass is 9.92. The van der Waals surface area contributed by atoms with Gasteiger partial charge in [0, 0.05) is 0 Å². The van der Waals surface area contributed by atoms with Crippen LogP contribution in [0.15, 0.2) is 24.3 Å². The molecule has 1 aromatic carbocycles. The van der Waals surface area contributed by atoms with E-state index in [1.54, 1.807) is 0 Å². The highest BCUT2D eigenvalue weighted by Crippen LogP contribution is 2.23. The van der Waals surface area contributed by atoms with E-state index in [0.29, 0.717) is 0 Å². The molecule has 0 saturated carbocycles. The van der Waals surface area contributed by atoms with Crippen molar-refractivity contribution >= 4 is 0 Å². The molecule has 0 aliphatic heterocycles. The Balaban J connectivity index is 0.000000921. The molecule has 0 bridgehead atoms. The van der Waals surface area contributed by atoms with E-state index in [-0.39, 0.29) is 0 Å². The average molecular weight is 206 g/mol. The number of aryl methyl sites for hydroxylation is 1. The van der Waals surface area contributed by atoms with Gasteiger partial charge < -0.3 is 0 Å². The van der Waals surface area contributed by atoms with Gasteiger partial charge in [-0.3, -0.25) is 0 Å². The minimum absolute atomic E-state index is 0.723. The monoisotopic (exact) mass is 206 g/mol. The van der Waals surface area contributed by atoms with Crippen molar-refractivity contribution in [1.29, 1.82) is 0 Å². The summed E-state index contributed by atoms with van der Waals surface area (Å²) in [7, 11) is 0. The molecule has 1 aromatic rings. The zero-order chi connectivity index (χ0) is 11.7. The standard InChI is InChI=1S/C13H20.C2H6/c1-4-5-8-11(2)13-10-7-6-9-12(13)3;1-2/h6-7,9-11H,4-5,8H2,1-3H3;1-2H3. The largest absolute Gasteiger partial charge is 0.0683 e. The molecular weight excluding hydrogens is 180 g/mol. The van der Waals surface area contributed by atoms with Gasteiger partial charge >= 0.3 is 0 Å². The Morgan fingerprint density at radius 3 is 2.27 bits per heavy atom. The summed E-state index contributed by atoms with van der Waals surface area (Å²) in [5.74, 6) is 0.723. The summed E-state index contributed by atoms with van der Waals surface area (Å²) >= 11 is 0. The highest BCUT2D eigenvalue weighted by molar-refractivity contribution is 5.28. The summed E-state index contributed by atoms with van der Waals surface area (Å²) in [5.41, 5.74) is 2.96. The maximum atomic E-state index is 2.33. The molecule has 1 rings (SSSR count). The fourth-order valence-electron chi connectivity index (χ4n) is 1.81. The molecule has 0 aliphatic carbocycles. The molecular formula is C15H26.